The zero-order valence-electron chi connectivity index (χ0n) is 19.6. The summed E-state index contributed by atoms with van der Waals surface area (Å²) in [6.07, 6.45) is 0.758. The van der Waals surface area contributed by atoms with E-state index in [0.717, 1.165) is 16.3 Å². The van der Waals surface area contributed by atoms with Gasteiger partial charge in [0.05, 0.1) is 17.2 Å². The molecule has 0 bridgehead atoms. The van der Waals surface area contributed by atoms with Crippen LogP contribution < -0.4 is 4.31 Å². The molecule has 0 radical (unpaired) electrons. The maximum atomic E-state index is 13.4. The SMILES string of the molecule is CCOC(=O)c1c(-c2ccccc2)oc2ccc(N(C(C)=O)S(=O)(=O)c3ccc(CC)cc3)cc12. The number of sulfonamides is 1. The summed E-state index contributed by atoms with van der Waals surface area (Å²) in [5.41, 5.74) is 2.27. The number of hydrogen-bond acceptors (Lipinski definition) is 6. The smallest absolute Gasteiger partial charge is 0.342 e. The minimum atomic E-state index is -4.20. The highest BCUT2D eigenvalue weighted by Gasteiger charge is 2.30. The molecule has 0 aliphatic rings. The van der Waals surface area contributed by atoms with E-state index in [1.807, 2.05) is 25.1 Å². The van der Waals surface area contributed by atoms with Crippen molar-refractivity contribution in [3.63, 3.8) is 0 Å². The molecule has 0 saturated carbocycles. The van der Waals surface area contributed by atoms with Gasteiger partial charge in [-0.25, -0.2) is 17.5 Å². The fraction of sp³-hybridized carbons (Fsp3) is 0.185. The molecule has 1 amide bonds. The van der Waals surface area contributed by atoms with Crippen LogP contribution in [0.15, 0.2) is 82.1 Å². The molecule has 4 rings (SSSR count). The molecular weight excluding hydrogens is 466 g/mol. The fourth-order valence-electron chi connectivity index (χ4n) is 3.90. The number of furan rings is 1. The van der Waals surface area contributed by atoms with Gasteiger partial charge in [-0.3, -0.25) is 4.79 Å². The number of amides is 1. The lowest BCUT2D eigenvalue weighted by molar-refractivity contribution is -0.115. The molecular formula is C27H25NO6S. The summed E-state index contributed by atoms with van der Waals surface area (Å²) in [4.78, 5) is 25.5. The van der Waals surface area contributed by atoms with Gasteiger partial charge >= 0.3 is 5.97 Å². The Morgan fingerprint density at radius 3 is 2.23 bits per heavy atom. The van der Waals surface area contributed by atoms with E-state index in [-0.39, 0.29) is 22.8 Å². The van der Waals surface area contributed by atoms with E-state index in [1.54, 1.807) is 37.3 Å². The second kappa shape index (κ2) is 9.76. The molecule has 0 unspecified atom stereocenters. The number of anilines is 1. The van der Waals surface area contributed by atoms with Crippen LogP contribution in [0.3, 0.4) is 0 Å². The van der Waals surface area contributed by atoms with E-state index in [2.05, 4.69) is 0 Å². The van der Waals surface area contributed by atoms with Crippen molar-refractivity contribution < 1.29 is 27.2 Å². The lowest BCUT2D eigenvalue weighted by Crippen LogP contribution is -2.35. The molecule has 0 atom stereocenters. The minimum Gasteiger partial charge on any atom is -0.462 e. The number of benzene rings is 3. The lowest BCUT2D eigenvalue weighted by Gasteiger charge is -2.21. The van der Waals surface area contributed by atoms with E-state index in [1.165, 1.54) is 31.2 Å². The number of nitrogens with zero attached hydrogens (tertiary/aromatic N) is 1. The van der Waals surface area contributed by atoms with Crippen LogP contribution in [0, 0.1) is 0 Å². The Bertz CT molecular complexity index is 1490. The number of esters is 1. The Morgan fingerprint density at radius 2 is 1.63 bits per heavy atom. The van der Waals surface area contributed by atoms with Crippen molar-refractivity contribution in [1.82, 2.24) is 0 Å². The Kier molecular flexibility index (Phi) is 6.75. The fourth-order valence-corrected chi connectivity index (χ4v) is 5.32. The summed E-state index contributed by atoms with van der Waals surface area (Å²) in [7, 11) is -4.20. The molecule has 1 heterocycles. The molecule has 8 heteroatoms. The predicted molar refractivity (Wildman–Crippen MR) is 134 cm³/mol. The number of aryl methyl sites for hydroxylation is 1. The first-order chi connectivity index (χ1) is 16.8. The van der Waals surface area contributed by atoms with Crippen LogP contribution >= 0.6 is 0 Å². The van der Waals surface area contributed by atoms with E-state index in [4.69, 9.17) is 9.15 Å². The molecule has 180 valence electrons. The molecule has 4 aromatic rings. The van der Waals surface area contributed by atoms with Crippen molar-refractivity contribution in [2.75, 3.05) is 10.9 Å². The van der Waals surface area contributed by atoms with Crippen LogP contribution in [0.25, 0.3) is 22.3 Å². The number of carbonyl (C=O) groups is 2. The number of rotatable bonds is 7. The van der Waals surface area contributed by atoms with Gasteiger partial charge in [-0.05, 0) is 49.2 Å². The van der Waals surface area contributed by atoms with E-state index >= 15 is 0 Å². The Morgan fingerprint density at radius 1 is 0.943 bits per heavy atom. The summed E-state index contributed by atoms with van der Waals surface area (Å²) < 4.78 is 38.9. The van der Waals surface area contributed by atoms with E-state index in [0.29, 0.717) is 22.3 Å². The van der Waals surface area contributed by atoms with Gasteiger partial charge in [-0.1, -0.05) is 49.4 Å². The summed E-state index contributed by atoms with van der Waals surface area (Å²) in [6.45, 7) is 5.00. The van der Waals surface area contributed by atoms with Crippen molar-refractivity contribution in [2.45, 2.75) is 32.1 Å². The number of carbonyl (C=O) groups excluding carboxylic acids is 2. The summed E-state index contributed by atoms with van der Waals surface area (Å²) in [6, 6.07) is 20.0. The first-order valence-corrected chi connectivity index (χ1v) is 12.7. The van der Waals surface area contributed by atoms with Gasteiger partial charge < -0.3 is 9.15 Å². The standard InChI is InChI=1S/C27H25NO6S/c1-4-19-11-14-22(15-12-19)35(31,32)28(18(3)29)21-13-16-24-23(17-21)25(27(30)33-5-2)26(34-24)20-9-7-6-8-10-20/h6-17H,4-5H2,1-3H3. The first kappa shape index (κ1) is 24.2. The Balaban J connectivity index is 1.90. The second-order valence-corrected chi connectivity index (χ2v) is 9.65. The third-order valence-electron chi connectivity index (χ3n) is 5.58. The number of hydrogen-bond donors (Lipinski definition) is 0. The molecule has 0 saturated heterocycles. The van der Waals surface area contributed by atoms with Crippen molar-refractivity contribution in [3.8, 4) is 11.3 Å². The van der Waals surface area contributed by atoms with Crippen LogP contribution in [-0.2, 0) is 26.0 Å². The zero-order valence-corrected chi connectivity index (χ0v) is 20.5. The highest BCUT2D eigenvalue weighted by molar-refractivity contribution is 7.93. The minimum absolute atomic E-state index is 0.00668. The molecule has 0 spiro atoms. The predicted octanol–water partition coefficient (Wildman–Crippen LogP) is 5.58. The van der Waals surface area contributed by atoms with Gasteiger partial charge in [0.1, 0.15) is 16.9 Å². The second-order valence-electron chi connectivity index (χ2n) is 7.86. The van der Waals surface area contributed by atoms with Crippen LogP contribution in [0.1, 0.15) is 36.7 Å². The van der Waals surface area contributed by atoms with Crippen LogP contribution in [0.2, 0.25) is 0 Å². The first-order valence-electron chi connectivity index (χ1n) is 11.2. The molecule has 1 aromatic heterocycles. The van der Waals surface area contributed by atoms with E-state index in [9.17, 15) is 18.0 Å². The molecule has 7 nitrogen and oxygen atoms in total. The Labute approximate surface area is 204 Å². The van der Waals surface area contributed by atoms with Gasteiger partial charge in [0.15, 0.2) is 0 Å². The monoisotopic (exact) mass is 491 g/mol. The largest absolute Gasteiger partial charge is 0.462 e. The molecule has 0 N–H and O–H groups in total. The molecule has 3 aromatic carbocycles. The number of ether oxygens (including phenoxy) is 1. The topological polar surface area (TPSA) is 93.9 Å². The van der Waals surface area contributed by atoms with Gasteiger partial charge in [0, 0.05) is 17.9 Å². The van der Waals surface area contributed by atoms with Crippen LogP contribution in [0.5, 0.6) is 0 Å². The van der Waals surface area contributed by atoms with Crippen molar-refractivity contribution >= 4 is 38.6 Å². The lowest BCUT2D eigenvalue weighted by atomic mass is 10.1. The molecule has 0 aliphatic heterocycles. The van der Waals surface area contributed by atoms with Crippen LogP contribution in [0.4, 0.5) is 5.69 Å². The maximum Gasteiger partial charge on any atom is 0.342 e. The molecule has 0 fully saturated rings. The van der Waals surface area contributed by atoms with Crippen molar-refractivity contribution in [1.29, 1.82) is 0 Å². The van der Waals surface area contributed by atoms with Crippen molar-refractivity contribution in [2.24, 2.45) is 0 Å². The van der Waals surface area contributed by atoms with Gasteiger partial charge in [-0.2, -0.15) is 0 Å². The van der Waals surface area contributed by atoms with E-state index < -0.39 is 21.9 Å². The third-order valence-corrected chi connectivity index (χ3v) is 7.39. The average Bonchev–Trinajstić information content (AvgIpc) is 3.23. The molecule has 35 heavy (non-hydrogen) atoms. The third kappa shape index (κ3) is 4.57. The number of fused-ring (bicyclic) bond motifs is 1. The molecule has 0 aliphatic carbocycles. The maximum absolute atomic E-state index is 13.4. The quantitative estimate of drug-likeness (QED) is 0.313. The Hall–Kier alpha value is -3.91. The summed E-state index contributed by atoms with van der Waals surface area (Å²) >= 11 is 0. The van der Waals surface area contributed by atoms with Gasteiger partial charge in [-0.15, -0.1) is 0 Å². The van der Waals surface area contributed by atoms with Crippen molar-refractivity contribution in [3.05, 3.63) is 83.9 Å². The summed E-state index contributed by atoms with van der Waals surface area (Å²) in [5.74, 6) is -0.980. The normalized spacial score (nSPS) is 11.4. The van der Waals surface area contributed by atoms with Gasteiger partial charge in [0.25, 0.3) is 10.0 Å². The highest BCUT2D eigenvalue weighted by atomic mass is 32.2. The van der Waals surface area contributed by atoms with Crippen LogP contribution in [-0.4, -0.2) is 26.9 Å². The average molecular weight is 492 g/mol. The highest BCUT2D eigenvalue weighted by Crippen LogP contribution is 2.37. The summed E-state index contributed by atoms with van der Waals surface area (Å²) in [5, 5.41) is 0.350. The van der Waals surface area contributed by atoms with Gasteiger partial charge in [0.2, 0.25) is 5.91 Å². The zero-order chi connectivity index (χ0) is 25.2.